The summed E-state index contributed by atoms with van der Waals surface area (Å²) in [4.78, 5) is 18.8. The van der Waals surface area contributed by atoms with E-state index in [0.717, 1.165) is 54.9 Å². The molecule has 0 saturated carbocycles. The van der Waals surface area contributed by atoms with Gasteiger partial charge in [0.15, 0.2) is 0 Å². The maximum absolute atomic E-state index is 13.0. The summed E-state index contributed by atoms with van der Waals surface area (Å²) in [5.74, 6) is 1.49. The molecule has 6 heteroatoms. The minimum absolute atomic E-state index is 0.0389. The molecule has 0 radical (unpaired) electrons. The van der Waals surface area contributed by atoms with Crippen LogP contribution in [0.1, 0.15) is 55.4 Å². The van der Waals surface area contributed by atoms with Gasteiger partial charge < -0.3 is 25.3 Å². The van der Waals surface area contributed by atoms with Crippen LogP contribution in [0.3, 0.4) is 0 Å². The summed E-state index contributed by atoms with van der Waals surface area (Å²) in [6.07, 6.45) is 8.61. The molecule has 6 nitrogen and oxygen atoms in total. The van der Waals surface area contributed by atoms with Crippen LogP contribution in [0.4, 0.5) is 0 Å². The number of H-pyrrole nitrogens is 1. The number of carbonyl (C=O) groups excluding carboxylic acids is 1. The highest BCUT2D eigenvalue weighted by Gasteiger charge is 2.23. The summed E-state index contributed by atoms with van der Waals surface area (Å²) in [6, 6.07) is 18.4. The van der Waals surface area contributed by atoms with Crippen molar-refractivity contribution in [3.63, 3.8) is 0 Å². The first-order chi connectivity index (χ1) is 16.7. The molecule has 2 saturated heterocycles. The van der Waals surface area contributed by atoms with E-state index in [4.69, 9.17) is 4.74 Å². The highest BCUT2D eigenvalue weighted by Crippen LogP contribution is 2.30. The third-order valence-corrected chi connectivity index (χ3v) is 7.22. The molecule has 2 aromatic carbocycles. The van der Waals surface area contributed by atoms with E-state index in [1.807, 2.05) is 54.6 Å². The zero-order valence-corrected chi connectivity index (χ0v) is 19.9. The number of hydrogen-bond donors (Lipinski definition) is 3. The maximum atomic E-state index is 13.0. The Balaban J connectivity index is 1.13. The number of amides is 1. The van der Waals surface area contributed by atoms with Gasteiger partial charge in [-0.1, -0.05) is 37.1 Å². The van der Waals surface area contributed by atoms with E-state index in [0.29, 0.717) is 11.7 Å². The lowest BCUT2D eigenvalue weighted by atomic mass is 10.0. The lowest BCUT2D eigenvalue weighted by molar-refractivity contribution is 0.0905. The van der Waals surface area contributed by atoms with Crippen molar-refractivity contribution in [3.05, 3.63) is 60.3 Å². The number of aromatic amines is 1. The Morgan fingerprint density at radius 2 is 1.85 bits per heavy atom. The smallest absolute Gasteiger partial charge is 0.267 e. The van der Waals surface area contributed by atoms with Crippen LogP contribution in [-0.4, -0.2) is 54.1 Å². The summed E-state index contributed by atoms with van der Waals surface area (Å²) in [5, 5.41) is 7.87. The van der Waals surface area contributed by atoms with Crippen molar-refractivity contribution in [2.45, 2.75) is 57.0 Å². The Morgan fingerprint density at radius 1 is 1.00 bits per heavy atom. The fourth-order valence-electron chi connectivity index (χ4n) is 5.20. The van der Waals surface area contributed by atoms with Crippen molar-refractivity contribution in [2.24, 2.45) is 0 Å². The first kappa shape index (κ1) is 22.9. The second-order valence-electron chi connectivity index (χ2n) is 9.69. The molecule has 0 spiro atoms. The number of fused-ring (bicyclic) bond motifs is 1. The van der Waals surface area contributed by atoms with E-state index in [1.165, 1.54) is 38.6 Å². The summed E-state index contributed by atoms with van der Waals surface area (Å²) in [7, 11) is 0. The molecule has 180 valence electrons. The molecule has 3 N–H and O–H groups in total. The van der Waals surface area contributed by atoms with Crippen molar-refractivity contribution in [3.8, 4) is 11.5 Å². The van der Waals surface area contributed by atoms with Gasteiger partial charge in [0.05, 0.1) is 0 Å². The molecule has 1 aromatic heterocycles. The Bertz CT molecular complexity index is 1060. The van der Waals surface area contributed by atoms with Gasteiger partial charge in [-0.25, -0.2) is 0 Å². The lowest BCUT2D eigenvalue weighted by Crippen LogP contribution is -2.45. The number of para-hydroxylation sites is 1. The molecule has 1 unspecified atom stereocenters. The van der Waals surface area contributed by atoms with E-state index in [9.17, 15) is 4.79 Å². The fourth-order valence-corrected chi connectivity index (χ4v) is 5.20. The molecule has 2 fully saturated rings. The summed E-state index contributed by atoms with van der Waals surface area (Å²) in [5.41, 5.74) is 1.49. The zero-order chi connectivity index (χ0) is 23.2. The van der Waals surface area contributed by atoms with Crippen molar-refractivity contribution < 1.29 is 9.53 Å². The molecule has 5 rings (SSSR count). The minimum atomic E-state index is -0.0389. The van der Waals surface area contributed by atoms with Crippen LogP contribution in [0, 0.1) is 0 Å². The van der Waals surface area contributed by atoms with Gasteiger partial charge in [-0.2, -0.15) is 0 Å². The van der Waals surface area contributed by atoms with Crippen molar-refractivity contribution in [1.82, 2.24) is 20.5 Å². The average Bonchev–Trinajstić information content (AvgIpc) is 3.15. The SMILES string of the molecule is O=C(NC1CCN(CCC2CCCCCN2)CC1)c1cc2c(Oc3ccccc3)cccc2[nH]1. The van der Waals surface area contributed by atoms with Gasteiger partial charge in [-0.05, 0) is 75.5 Å². The monoisotopic (exact) mass is 460 g/mol. The Hall–Kier alpha value is -2.83. The molecule has 0 aliphatic carbocycles. The van der Waals surface area contributed by atoms with Crippen LogP contribution >= 0.6 is 0 Å². The van der Waals surface area contributed by atoms with Gasteiger partial charge in [-0.15, -0.1) is 0 Å². The van der Waals surface area contributed by atoms with Gasteiger partial charge in [0.1, 0.15) is 17.2 Å². The van der Waals surface area contributed by atoms with E-state index in [2.05, 4.69) is 20.5 Å². The van der Waals surface area contributed by atoms with Crippen LogP contribution in [-0.2, 0) is 0 Å². The molecule has 3 aromatic rings. The second kappa shape index (κ2) is 11.1. The molecular formula is C28H36N4O2. The van der Waals surface area contributed by atoms with Crippen molar-refractivity contribution in [1.29, 1.82) is 0 Å². The van der Waals surface area contributed by atoms with Gasteiger partial charge in [0.25, 0.3) is 5.91 Å². The number of benzene rings is 2. The number of ether oxygens (including phenoxy) is 1. The Labute approximate surface area is 202 Å². The first-order valence-corrected chi connectivity index (χ1v) is 12.9. The fraction of sp³-hybridized carbons (Fsp3) is 0.464. The number of rotatable bonds is 7. The maximum Gasteiger partial charge on any atom is 0.267 e. The summed E-state index contributed by atoms with van der Waals surface area (Å²) < 4.78 is 6.06. The third kappa shape index (κ3) is 5.80. The summed E-state index contributed by atoms with van der Waals surface area (Å²) >= 11 is 0. The third-order valence-electron chi connectivity index (χ3n) is 7.22. The number of nitrogens with zero attached hydrogens (tertiary/aromatic N) is 1. The normalized spacial score (nSPS) is 20.2. The second-order valence-corrected chi connectivity index (χ2v) is 9.69. The van der Waals surface area contributed by atoms with Gasteiger partial charge in [0, 0.05) is 36.1 Å². The standard InChI is InChI=1S/C28H36N4O2/c33-28(30-22-14-18-32(19-15-22)17-13-21-8-3-2-6-16-29-21)26-20-24-25(31-26)11-7-12-27(24)34-23-9-4-1-5-10-23/h1,4-5,7,9-12,20-22,29,31H,2-3,6,8,13-19H2,(H,30,33). The Morgan fingerprint density at radius 3 is 2.71 bits per heavy atom. The molecule has 1 amide bonds. The minimum Gasteiger partial charge on any atom is -0.457 e. The number of hydrogen-bond acceptors (Lipinski definition) is 4. The van der Waals surface area contributed by atoms with E-state index in [-0.39, 0.29) is 11.9 Å². The molecule has 2 aliphatic rings. The van der Waals surface area contributed by atoms with Gasteiger partial charge >= 0.3 is 0 Å². The number of carbonyl (C=O) groups is 1. The highest BCUT2D eigenvalue weighted by atomic mass is 16.5. The van der Waals surface area contributed by atoms with E-state index in [1.54, 1.807) is 0 Å². The number of nitrogens with one attached hydrogen (secondary N) is 3. The number of aromatic nitrogens is 1. The van der Waals surface area contributed by atoms with Crippen LogP contribution in [0.5, 0.6) is 11.5 Å². The predicted molar refractivity (Wildman–Crippen MR) is 137 cm³/mol. The average molecular weight is 461 g/mol. The van der Waals surface area contributed by atoms with Gasteiger partial charge in [0.2, 0.25) is 0 Å². The van der Waals surface area contributed by atoms with Crippen molar-refractivity contribution in [2.75, 3.05) is 26.2 Å². The topological polar surface area (TPSA) is 69.4 Å². The number of piperidine rings is 1. The lowest BCUT2D eigenvalue weighted by Gasteiger charge is -2.33. The van der Waals surface area contributed by atoms with E-state index >= 15 is 0 Å². The molecule has 1 atom stereocenters. The van der Waals surface area contributed by atoms with Crippen LogP contribution in [0.15, 0.2) is 54.6 Å². The quantitative estimate of drug-likeness (QED) is 0.460. The zero-order valence-electron chi connectivity index (χ0n) is 19.9. The molecule has 34 heavy (non-hydrogen) atoms. The van der Waals surface area contributed by atoms with Crippen LogP contribution in [0.2, 0.25) is 0 Å². The molecule has 3 heterocycles. The molecule has 2 aliphatic heterocycles. The first-order valence-electron chi connectivity index (χ1n) is 12.9. The highest BCUT2D eigenvalue weighted by molar-refractivity contribution is 5.99. The van der Waals surface area contributed by atoms with Crippen molar-refractivity contribution >= 4 is 16.8 Å². The number of likely N-dealkylation sites (tertiary alicyclic amines) is 1. The Kier molecular flexibility index (Phi) is 7.46. The molecular weight excluding hydrogens is 424 g/mol. The van der Waals surface area contributed by atoms with Crippen LogP contribution in [0.25, 0.3) is 10.9 Å². The van der Waals surface area contributed by atoms with Crippen LogP contribution < -0.4 is 15.4 Å². The predicted octanol–water partition coefficient (Wildman–Crippen LogP) is 5.08. The van der Waals surface area contributed by atoms with Gasteiger partial charge in [-0.3, -0.25) is 4.79 Å². The largest absolute Gasteiger partial charge is 0.457 e. The summed E-state index contributed by atoms with van der Waals surface area (Å²) in [6.45, 7) is 4.44. The molecule has 0 bridgehead atoms. The van der Waals surface area contributed by atoms with E-state index < -0.39 is 0 Å².